The van der Waals surface area contributed by atoms with Gasteiger partial charge in [-0.1, -0.05) is 41.6 Å². The summed E-state index contributed by atoms with van der Waals surface area (Å²) < 4.78 is 4.83. The lowest BCUT2D eigenvalue weighted by atomic mass is 9.96. The van der Waals surface area contributed by atoms with E-state index in [2.05, 4.69) is 0 Å². The Morgan fingerprint density at radius 2 is 1.83 bits per heavy atom. The van der Waals surface area contributed by atoms with Crippen molar-refractivity contribution in [2.75, 3.05) is 0 Å². The number of aryl methyl sites for hydroxylation is 1. The molecule has 2 aromatic carbocycles. The molecule has 7 nitrogen and oxygen atoms in total. The van der Waals surface area contributed by atoms with E-state index in [0.717, 1.165) is 22.6 Å². The van der Waals surface area contributed by atoms with E-state index in [9.17, 15) is 24.5 Å². The highest BCUT2D eigenvalue weighted by molar-refractivity contribution is 7.99. The Labute approximate surface area is 176 Å². The summed E-state index contributed by atoms with van der Waals surface area (Å²) in [7, 11) is 0. The van der Waals surface area contributed by atoms with Crippen LogP contribution in [0, 0.1) is 23.0 Å². The van der Waals surface area contributed by atoms with Gasteiger partial charge in [-0.2, -0.15) is 0 Å². The first-order valence-electron chi connectivity index (χ1n) is 8.93. The van der Waals surface area contributed by atoms with Gasteiger partial charge in [0.2, 0.25) is 0 Å². The predicted octanol–water partition coefficient (Wildman–Crippen LogP) is 4.28. The van der Waals surface area contributed by atoms with Crippen LogP contribution in [0.1, 0.15) is 18.1 Å². The van der Waals surface area contributed by atoms with E-state index in [1.165, 1.54) is 30.8 Å². The lowest BCUT2D eigenvalue weighted by molar-refractivity contribution is -0.387. The molecule has 0 aliphatic carbocycles. The second-order valence-electron chi connectivity index (χ2n) is 6.65. The summed E-state index contributed by atoms with van der Waals surface area (Å²) in [6, 6.07) is 12.2. The Hall–Kier alpha value is -3.52. The molecule has 0 radical (unpaired) electrons. The zero-order valence-electron chi connectivity index (χ0n) is 16.2. The van der Waals surface area contributed by atoms with Crippen molar-refractivity contribution < 1.29 is 24.0 Å². The molecule has 3 rings (SSSR count). The number of nitrogens with zero attached hydrogens (tertiary/aromatic N) is 1. The van der Waals surface area contributed by atoms with Crippen LogP contribution in [0.2, 0.25) is 0 Å². The third-order valence-electron chi connectivity index (χ3n) is 4.28. The number of hydrogen-bond donors (Lipinski definition) is 0. The number of benzene rings is 2. The number of hydrogen-bond acceptors (Lipinski definition) is 7. The minimum atomic E-state index is -1.55. The highest BCUT2D eigenvalue weighted by Gasteiger charge is 2.36. The van der Waals surface area contributed by atoms with E-state index in [0.29, 0.717) is 10.5 Å². The smallest absolute Gasteiger partial charge is 0.329 e. The predicted molar refractivity (Wildman–Crippen MR) is 111 cm³/mol. The third kappa shape index (κ3) is 4.90. The van der Waals surface area contributed by atoms with Gasteiger partial charge in [0.05, 0.1) is 9.82 Å². The van der Waals surface area contributed by atoms with Crippen LogP contribution in [0.4, 0.5) is 5.69 Å². The van der Waals surface area contributed by atoms with E-state index >= 15 is 0 Å². The second kappa shape index (κ2) is 8.87. The van der Waals surface area contributed by atoms with Gasteiger partial charge in [-0.15, -0.1) is 0 Å². The van der Waals surface area contributed by atoms with Crippen LogP contribution >= 0.6 is 11.8 Å². The Bertz CT molecular complexity index is 1100. The van der Waals surface area contributed by atoms with Gasteiger partial charge in [0.15, 0.2) is 17.5 Å². The summed E-state index contributed by atoms with van der Waals surface area (Å²) in [4.78, 5) is 48.4. The van der Waals surface area contributed by atoms with E-state index < -0.39 is 28.4 Å². The monoisotopic (exact) mass is 423 g/mol. The quantitative estimate of drug-likeness (QED) is 0.224. The molecule has 0 spiro atoms. The van der Waals surface area contributed by atoms with Crippen molar-refractivity contribution in [3.63, 3.8) is 0 Å². The van der Waals surface area contributed by atoms with Crippen molar-refractivity contribution >= 4 is 41.1 Å². The zero-order valence-corrected chi connectivity index (χ0v) is 17.0. The first kappa shape index (κ1) is 21.2. The summed E-state index contributed by atoms with van der Waals surface area (Å²) in [6.45, 7) is 3.40. The largest absolute Gasteiger partial charge is 0.430 e. The van der Waals surface area contributed by atoms with Crippen molar-refractivity contribution in [3.8, 4) is 0 Å². The Morgan fingerprint density at radius 3 is 2.47 bits per heavy atom. The lowest BCUT2D eigenvalue weighted by Gasteiger charge is -2.15. The topological polar surface area (TPSA) is 104 Å². The van der Waals surface area contributed by atoms with Crippen LogP contribution in [0.25, 0.3) is 6.08 Å². The number of rotatable bonds is 6. The molecule has 1 unspecified atom stereocenters. The molecule has 30 heavy (non-hydrogen) atoms. The molecular formula is C22H17NO6S. The van der Waals surface area contributed by atoms with Crippen LogP contribution in [-0.4, -0.2) is 22.5 Å². The van der Waals surface area contributed by atoms with Crippen molar-refractivity contribution in [3.05, 3.63) is 81.6 Å². The number of ketones is 2. The number of allylic oxidation sites excluding steroid dienone is 3. The molecule has 0 bridgehead atoms. The molecule has 152 valence electrons. The normalized spacial score (nSPS) is 16.3. The molecule has 2 aromatic rings. The van der Waals surface area contributed by atoms with Gasteiger partial charge < -0.3 is 4.74 Å². The molecule has 0 aromatic heterocycles. The second-order valence-corrected chi connectivity index (χ2v) is 7.76. The van der Waals surface area contributed by atoms with Crippen molar-refractivity contribution in [1.29, 1.82) is 0 Å². The molecule has 1 atom stereocenters. The van der Waals surface area contributed by atoms with Gasteiger partial charge in [0, 0.05) is 17.0 Å². The minimum absolute atomic E-state index is 0.109. The van der Waals surface area contributed by atoms with Gasteiger partial charge in [0.1, 0.15) is 5.76 Å². The lowest BCUT2D eigenvalue weighted by Crippen LogP contribution is -2.34. The maximum absolute atomic E-state index is 12.3. The molecule has 8 heteroatoms. The van der Waals surface area contributed by atoms with E-state index in [4.69, 9.17) is 4.74 Å². The molecular weight excluding hydrogens is 406 g/mol. The highest BCUT2D eigenvalue weighted by atomic mass is 32.2. The van der Waals surface area contributed by atoms with Gasteiger partial charge in [-0.05, 0) is 43.7 Å². The summed E-state index contributed by atoms with van der Waals surface area (Å²) in [5.74, 6) is -3.72. The molecule has 0 N–H and O–H groups in total. The van der Waals surface area contributed by atoms with Crippen LogP contribution < -0.4 is 0 Å². The number of nitro benzene ring substituents is 1. The Balaban J connectivity index is 1.81. The molecule has 1 aliphatic rings. The number of ether oxygens (including phenoxy) is 1. The number of cyclic esters (lactones) is 1. The van der Waals surface area contributed by atoms with Crippen molar-refractivity contribution in [2.24, 2.45) is 5.92 Å². The van der Waals surface area contributed by atoms with Crippen LogP contribution in [0.5, 0.6) is 0 Å². The standard InChI is InChI=1S/C22H17NO6S/c1-13-3-7-16(8-4-13)30-20-10-6-15(12-17(20)23(27)28)5-9-18(24)21-19(25)11-14(2)29-22(21)26/h3-12,21H,1-2H3/b9-5+. The summed E-state index contributed by atoms with van der Waals surface area (Å²) in [5, 5.41) is 11.5. The zero-order chi connectivity index (χ0) is 21.8. The maximum atomic E-state index is 12.3. The van der Waals surface area contributed by atoms with E-state index in [1.807, 2.05) is 31.2 Å². The first-order chi connectivity index (χ1) is 14.2. The van der Waals surface area contributed by atoms with E-state index in [1.54, 1.807) is 12.1 Å². The summed E-state index contributed by atoms with van der Waals surface area (Å²) in [5.41, 5.74) is 1.37. The number of carbonyl (C=O) groups excluding carboxylic acids is 3. The molecule has 0 saturated heterocycles. The van der Waals surface area contributed by atoms with E-state index in [-0.39, 0.29) is 11.4 Å². The van der Waals surface area contributed by atoms with Gasteiger partial charge >= 0.3 is 5.97 Å². The summed E-state index contributed by atoms with van der Waals surface area (Å²) >= 11 is 1.26. The van der Waals surface area contributed by atoms with Gasteiger partial charge in [0.25, 0.3) is 5.69 Å². The molecule has 0 saturated carbocycles. The Kier molecular flexibility index (Phi) is 6.27. The van der Waals surface area contributed by atoms with Gasteiger partial charge in [-0.25, -0.2) is 0 Å². The van der Waals surface area contributed by atoms with Crippen molar-refractivity contribution in [2.45, 2.75) is 23.6 Å². The maximum Gasteiger partial charge on any atom is 0.329 e. The summed E-state index contributed by atoms with van der Waals surface area (Å²) in [6.07, 6.45) is 3.49. The number of esters is 1. The van der Waals surface area contributed by atoms with Crippen LogP contribution in [0.15, 0.2) is 70.2 Å². The average molecular weight is 423 g/mol. The molecule has 0 fully saturated rings. The Morgan fingerprint density at radius 1 is 1.13 bits per heavy atom. The SMILES string of the molecule is CC1=CC(=O)C(C(=O)/C=C/c2ccc(Sc3ccc(C)cc3)c([N+](=O)[O-])c2)C(=O)O1. The fourth-order valence-corrected chi connectivity index (χ4v) is 3.68. The number of carbonyl (C=O) groups is 3. The fraction of sp³-hybridized carbons (Fsp3) is 0.136. The van der Waals surface area contributed by atoms with Crippen molar-refractivity contribution in [1.82, 2.24) is 0 Å². The molecule has 1 heterocycles. The molecule has 1 aliphatic heterocycles. The fourth-order valence-electron chi connectivity index (χ4n) is 2.78. The van der Waals surface area contributed by atoms with Crippen LogP contribution in [-0.2, 0) is 19.1 Å². The first-order valence-corrected chi connectivity index (χ1v) is 9.75. The van der Waals surface area contributed by atoms with Crippen LogP contribution in [0.3, 0.4) is 0 Å². The highest BCUT2D eigenvalue weighted by Crippen LogP contribution is 2.35. The minimum Gasteiger partial charge on any atom is -0.430 e. The number of nitro groups is 1. The third-order valence-corrected chi connectivity index (χ3v) is 5.35. The van der Waals surface area contributed by atoms with Gasteiger partial charge in [-0.3, -0.25) is 24.5 Å². The average Bonchev–Trinajstić information content (AvgIpc) is 2.68. The molecule has 0 amide bonds.